The molecule has 23 heavy (non-hydrogen) atoms. The molecule has 0 saturated carbocycles. The molecular formula is C18H17NO3S. The van der Waals surface area contributed by atoms with Crippen LogP contribution < -0.4 is 0 Å². The molecule has 0 aromatic heterocycles. The van der Waals surface area contributed by atoms with E-state index >= 15 is 0 Å². The van der Waals surface area contributed by atoms with Gasteiger partial charge in [0.15, 0.2) is 5.37 Å². The maximum absolute atomic E-state index is 12.8. The highest BCUT2D eigenvalue weighted by Gasteiger charge is 2.36. The number of benzene rings is 2. The molecule has 5 heteroatoms. The predicted octanol–water partition coefficient (Wildman–Crippen LogP) is 2.69. The summed E-state index contributed by atoms with van der Waals surface area (Å²) < 4.78 is 25.7. The molecule has 1 atom stereocenters. The first-order chi connectivity index (χ1) is 11.0. The maximum atomic E-state index is 12.8. The lowest BCUT2D eigenvalue weighted by molar-refractivity contribution is -0.125. The van der Waals surface area contributed by atoms with E-state index in [4.69, 9.17) is 0 Å². The van der Waals surface area contributed by atoms with E-state index in [2.05, 4.69) is 0 Å². The zero-order valence-electron chi connectivity index (χ0n) is 12.7. The monoisotopic (exact) mass is 327 g/mol. The first-order valence-electron chi connectivity index (χ1n) is 7.32. The van der Waals surface area contributed by atoms with Gasteiger partial charge in [0.05, 0.1) is 4.90 Å². The molecule has 1 aliphatic rings. The van der Waals surface area contributed by atoms with Crippen molar-refractivity contribution < 1.29 is 13.2 Å². The van der Waals surface area contributed by atoms with Gasteiger partial charge in [0.1, 0.15) is 0 Å². The van der Waals surface area contributed by atoms with E-state index in [-0.39, 0.29) is 17.3 Å². The van der Waals surface area contributed by atoms with Gasteiger partial charge in [-0.05, 0) is 30.7 Å². The molecule has 1 heterocycles. The van der Waals surface area contributed by atoms with E-state index in [1.807, 2.05) is 37.3 Å². The lowest BCUT2D eigenvalue weighted by Crippen LogP contribution is -2.38. The summed E-state index contributed by atoms with van der Waals surface area (Å²) in [5.41, 5.74) is 1.89. The second kappa shape index (κ2) is 6.01. The molecule has 0 fully saturated rings. The fourth-order valence-electron chi connectivity index (χ4n) is 2.58. The van der Waals surface area contributed by atoms with E-state index in [0.29, 0.717) is 0 Å². The van der Waals surface area contributed by atoms with Crippen molar-refractivity contribution in [3.63, 3.8) is 0 Å². The average Bonchev–Trinajstić information content (AvgIpc) is 2.90. The third kappa shape index (κ3) is 3.05. The lowest BCUT2D eigenvalue weighted by atomic mass is 10.2. The standard InChI is InChI=1S/C18H17NO3S/c1-14-7-9-16(10-8-14)23(21,22)18-12-11-17(20)19(18)13-15-5-3-2-4-6-15/h2-12,18H,13H2,1H3/t18-/m1/s1. The molecule has 2 aromatic carbocycles. The molecule has 1 amide bonds. The molecule has 0 bridgehead atoms. The Kier molecular flexibility index (Phi) is 4.05. The van der Waals surface area contributed by atoms with Crippen LogP contribution in [0.2, 0.25) is 0 Å². The van der Waals surface area contributed by atoms with Gasteiger partial charge in [0.25, 0.3) is 0 Å². The smallest absolute Gasteiger partial charge is 0.247 e. The molecule has 3 rings (SSSR count). The average molecular weight is 327 g/mol. The van der Waals surface area contributed by atoms with Crippen LogP contribution in [0.1, 0.15) is 11.1 Å². The van der Waals surface area contributed by atoms with E-state index < -0.39 is 15.2 Å². The van der Waals surface area contributed by atoms with Gasteiger partial charge in [-0.1, -0.05) is 48.0 Å². The molecular weight excluding hydrogens is 310 g/mol. The molecule has 4 nitrogen and oxygen atoms in total. The minimum atomic E-state index is -3.64. The van der Waals surface area contributed by atoms with Crippen molar-refractivity contribution in [1.29, 1.82) is 0 Å². The van der Waals surface area contributed by atoms with Crippen molar-refractivity contribution in [3.05, 3.63) is 77.9 Å². The number of carbonyl (C=O) groups is 1. The van der Waals surface area contributed by atoms with Crippen LogP contribution in [-0.2, 0) is 21.2 Å². The van der Waals surface area contributed by atoms with Crippen molar-refractivity contribution in [2.75, 3.05) is 0 Å². The van der Waals surface area contributed by atoms with E-state index in [1.54, 1.807) is 24.3 Å². The Hall–Kier alpha value is -2.40. The summed E-state index contributed by atoms with van der Waals surface area (Å²) >= 11 is 0. The van der Waals surface area contributed by atoms with Gasteiger partial charge < -0.3 is 4.90 Å². The number of nitrogens with zero attached hydrogens (tertiary/aromatic N) is 1. The second-order valence-corrected chi connectivity index (χ2v) is 7.60. The summed E-state index contributed by atoms with van der Waals surface area (Å²) in [6, 6.07) is 16.1. The third-order valence-corrected chi connectivity index (χ3v) is 5.83. The van der Waals surface area contributed by atoms with Crippen LogP contribution in [0.5, 0.6) is 0 Å². The minimum absolute atomic E-state index is 0.227. The van der Waals surface area contributed by atoms with Crippen LogP contribution >= 0.6 is 0 Å². The highest BCUT2D eigenvalue weighted by Crippen LogP contribution is 2.26. The number of rotatable bonds is 4. The van der Waals surface area contributed by atoms with Gasteiger partial charge in [-0.2, -0.15) is 0 Å². The zero-order chi connectivity index (χ0) is 16.4. The van der Waals surface area contributed by atoms with E-state index in [9.17, 15) is 13.2 Å². The van der Waals surface area contributed by atoms with E-state index in [0.717, 1.165) is 11.1 Å². The van der Waals surface area contributed by atoms with Crippen LogP contribution in [0, 0.1) is 6.92 Å². The minimum Gasteiger partial charge on any atom is -0.314 e. The van der Waals surface area contributed by atoms with Crippen molar-refractivity contribution >= 4 is 15.7 Å². The number of sulfone groups is 1. The molecule has 0 radical (unpaired) electrons. The van der Waals surface area contributed by atoms with Gasteiger partial charge >= 0.3 is 0 Å². The molecule has 118 valence electrons. The SMILES string of the molecule is Cc1ccc(S(=O)(=O)[C@@H]2C=CC(=O)N2Cc2ccccc2)cc1. The van der Waals surface area contributed by atoms with Crippen molar-refractivity contribution in [2.45, 2.75) is 23.7 Å². The number of carbonyl (C=O) groups excluding carboxylic acids is 1. The summed E-state index contributed by atoms with van der Waals surface area (Å²) in [5, 5.41) is -0.960. The van der Waals surface area contributed by atoms with Gasteiger partial charge in [-0.15, -0.1) is 0 Å². The third-order valence-electron chi connectivity index (χ3n) is 3.86. The Bertz CT molecular complexity index is 840. The molecule has 0 unspecified atom stereocenters. The molecule has 1 aliphatic heterocycles. The van der Waals surface area contributed by atoms with Gasteiger partial charge in [-0.25, -0.2) is 8.42 Å². The second-order valence-electron chi connectivity index (χ2n) is 5.56. The normalized spacial score (nSPS) is 17.7. The number of aryl methyl sites for hydroxylation is 1. The van der Waals surface area contributed by atoms with Crippen molar-refractivity contribution in [3.8, 4) is 0 Å². The van der Waals surface area contributed by atoms with Gasteiger partial charge in [0, 0.05) is 12.6 Å². The Morgan fingerprint density at radius 2 is 1.65 bits per heavy atom. The summed E-state index contributed by atoms with van der Waals surface area (Å²) in [6.45, 7) is 2.17. The zero-order valence-corrected chi connectivity index (χ0v) is 13.5. The van der Waals surface area contributed by atoms with E-state index in [1.165, 1.54) is 17.1 Å². The molecule has 2 aromatic rings. The Morgan fingerprint density at radius 3 is 2.30 bits per heavy atom. The highest BCUT2D eigenvalue weighted by molar-refractivity contribution is 7.92. The van der Waals surface area contributed by atoms with Crippen molar-refractivity contribution in [2.24, 2.45) is 0 Å². The summed E-state index contributed by atoms with van der Waals surface area (Å²) in [4.78, 5) is 13.7. The van der Waals surface area contributed by atoms with Gasteiger partial charge in [-0.3, -0.25) is 4.79 Å². The Morgan fingerprint density at radius 1 is 1.00 bits per heavy atom. The molecule has 0 N–H and O–H groups in total. The molecule has 0 aliphatic carbocycles. The first-order valence-corrected chi connectivity index (χ1v) is 8.86. The first kappa shape index (κ1) is 15.5. The summed E-state index contributed by atoms with van der Waals surface area (Å²) in [5.74, 6) is -0.283. The topological polar surface area (TPSA) is 54.5 Å². The lowest BCUT2D eigenvalue weighted by Gasteiger charge is -2.24. The largest absolute Gasteiger partial charge is 0.314 e. The fourth-order valence-corrected chi connectivity index (χ4v) is 4.17. The molecule has 0 saturated heterocycles. The quantitative estimate of drug-likeness (QED) is 0.867. The predicted molar refractivity (Wildman–Crippen MR) is 88.3 cm³/mol. The number of amides is 1. The van der Waals surface area contributed by atoms with Crippen LogP contribution in [0.4, 0.5) is 0 Å². The molecule has 0 spiro atoms. The maximum Gasteiger partial charge on any atom is 0.247 e. The number of hydrogen-bond donors (Lipinski definition) is 0. The van der Waals surface area contributed by atoms with Crippen LogP contribution in [0.25, 0.3) is 0 Å². The van der Waals surface area contributed by atoms with Crippen LogP contribution in [0.15, 0.2) is 71.6 Å². The highest BCUT2D eigenvalue weighted by atomic mass is 32.2. The number of hydrogen-bond acceptors (Lipinski definition) is 3. The Labute approximate surface area is 136 Å². The Balaban J connectivity index is 1.92. The van der Waals surface area contributed by atoms with Crippen molar-refractivity contribution in [1.82, 2.24) is 4.90 Å². The van der Waals surface area contributed by atoms with Crippen LogP contribution in [-0.4, -0.2) is 24.6 Å². The van der Waals surface area contributed by atoms with Gasteiger partial charge in [0.2, 0.25) is 15.7 Å². The summed E-state index contributed by atoms with van der Waals surface area (Å²) in [7, 11) is -3.64. The van der Waals surface area contributed by atoms with Crippen LogP contribution in [0.3, 0.4) is 0 Å². The summed E-state index contributed by atoms with van der Waals surface area (Å²) in [6.07, 6.45) is 2.79. The fraction of sp³-hybridized carbons (Fsp3) is 0.167.